The monoisotopic (exact) mass is 112 g/mol. The molecule has 0 aliphatic carbocycles. The molecule has 0 radical (unpaired) electrons. The molecule has 0 aromatic heterocycles. The van der Waals surface area contributed by atoms with Crippen molar-refractivity contribution in [1.82, 2.24) is 0 Å². The van der Waals surface area contributed by atoms with Gasteiger partial charge >= 0.3 is 0 Å². The molecule has 46 valence electrons. The number of hydrogen-bond donors (Lipinski definition) is 0. The molecular formula is C2H8O5. The summed E-state index contributed by atoms with van der Waals surface area (Å²) in [6, 6.07) is 0. The van der Waals surface area contributed by atoms with E-state index in [1.54, 1.807) is 0 Å². The van der Waals surface area contributed by atoms with Crippen molar-refractivity contribution in [2.45, 2.75) is 0 Å². The van der Waals surface area contributed by atoms with E-state index in [9.17, 15) is 0 Å². The molecule has 5 nitrogen and oxygen atoms in total. The van der Waals surface area contributed by atoms with E-state index in [0.29, 0.717) is 0 Å². The van der Waals surface area contributed by atoms with Crippen LogP contribution in [0.2, 0.25) is 0 Å². The molecule has 0 atom stereocenters. The van der Waals surface area contributed by atoms with E-state index in [1.165, 1.54) is 0 Å². The van der Waals surface area contributed by atoms with Gasteiger partial charge in [-0.15, -0.1) is 0 Å². The van der Waals surface area contributed by atoms with Crippen molar-refractivity contribution >= 4 is 12.6 Å². The van der Waals surface area contributed by atoms with Crippen LogP contribution >= 0.6 is 0 Å². The van der Waals surface area contributed by atoms with Crippen LogP contribution in [0.1, 0.15) is 0 Å². The minimum Gasteiger partial charge on any atom is -0.412 e. The van der Waals surface area contributed by atoms with Gasteiger partial charge in [-0.25, -0.2) is 0 Å². The van der Waals surface area contributed by atoms with Crippen LogP contribution < -0.4 is 0 Å². The van der Waals surface area contributed by atoms with Crippen LogP contribution in [-0.2, 0) is 9.59 Å². The molecule has 0 rings (SSSR count). The molecule has 0 spiro atoms. The maximum atomic E-state index is 8.81. The standard InChI is InChI=1S/C2H2O2.3H2O/c3-1-2-4;;;/h1-2H;3*1H2. The highest BCUT2D eigenvalue weighted by Gasteiger charge is 1.47. The zero-order valence-electron chi connectivity index (χ0n) is 3.47. The lowest BCUT2D eigenvalue weighted by atomic mass is 10.9. The first-order valence-corrected chi connectivity index (χ1v) is 0.805. The summed E-state index contributed by atoms with van der Waals surface area (Å²) >= 11 is 0. The van der Waals surface area contributed by atoms with Crippen LogP contribution in [0.25, 0.3) is 0 Å². The Labute approximate surface area is 39.9 Å². The van der Waals surface area contributed by atoms with E-state index < -0.39 is 0 Å². The average Bonchev–Trinajstić information content (AvgIpc) is 1.37. The Balaban J connectivity index is -0.0000000150. The summed E-state index contributed by atoms with van der Waals surface area (Å²) in [5.74, 6) is 0. The average molecular weight is 112 g/mol. The Kier molecular flexibility index (Phi) is 307. The highest BCUT2D eigenvalue weighted by Crippen LogP contribution is 1.12. The summed E-state index contributed by atoms with van der Waals surface area (Å²) in [4.78, 5) is 17.6. The van der Waals surface area contributed by atoms with Crippen LogP contribution in [0.5, 0.6) is 0 Å². The lowest BCUT2D eigenvalue weighted by molar-refractivity contribution is -0.122. The van der Waals surface area contributed by atoms with E-state index in [1.807, 2.05) is 0 Å². The van der Waals surface area contributed by atoms with Gasteiger partial charge in [-0.3, -0.25) is 9.59 Å². The Bertz CT molecular complexity index is 27.1. The van der Waals surface area contributed by atoms with Gasteiger partial charge in [0, 0.05) is 0 Å². The third kappa shape index (κ3) is 1120. The van der Waals surface area contributed by atoms with Crippen LogP contribution in [0.3, 0.4) is 0 Å². The summed E-state index contributed by atoms with van der Waals surface area (Å²) in [5.41, 5.74) is 0. The summed E-state index contributed by atoms with van der Waals surface area (Å²) in [7, 11) is 0. The predicted octanol–water partition coefficient (Wildman–Crippen LogP) is -3.09. The molecule has 0 fully saturated rings. The fourth-order valence-corrected chi connectivity index (χ4v) is 0. The molecule has 0 aromatic carbocycles. The minimum absolute atomic E-state index is 0. The number of aldehydes is 2. The quantitative estimate of drug-likeness (QED) is 0.263. The van der Waals surface area contributed by atoms with Gasteiger partial charge in [-0.05, 0) is 0 Å². The molecule has 0 aliphatic heterocycles. The second-order valence-electron chi connectivity index (χ2n) is 0.272. The molecule has 5 heteroatoms. The van der Waals surface area contributed by atoms with Crippen LogP contribution in [0.4, 0.5) is 0 Å². The molecule has 0 aromatic rings. The smallest absolute Gasteiger partial charge is 0.182 e. The van der Waals surface area contributed by atoms with Crippen molar-refractivity contribution in [3.8, 4) is 0 Å². The van der Waals surface area contributed by atoms with Crippen molar-refractivity contribution in [3.63, 3.8) is 0 Å². The number of carbonyl (C=O) groups excluding carboxylic acids is 2. The SMILES string of the molecule is O.O.O.O=CC=O. The number of rotatable bonds is 1. The fourth-order valence-electron chi connectivity index (χ4n) is 0. The molecule has 0 aliphatic rings. The van der Waals surface area contributed by atoms with Gasteiger partial charge in [-0.1, -0.05) is 0 Å². The van der Waals surface area contributed by atoms with Crippen molar-refractivity contribution in [2.24, 2.45) is 0 Å². The van der Waals surface area contributed by atoms with E-state index >= 15 is 0 Å². The third-order valence-corrected chi connectivity index (χ3v) is 0.0556. The largest absolute Gasteiger partial charge is 0.412 e. The third-order valence-electron chi connectivity index (χ3n) is 0.0556. The Hall–Kier alpha value is -0.780. The van der Waals surface area contributed by atoms with Gasteiger partial charge < -0.3 is 16.4 Å². The second-order valence-corrected chi connectivity index (χ2v) is 0.272. The van der Waals surface area contributed by atoms with Crippen molar-refractivity contribution in [2.75, 3.05) is 0 Å². The van der Waals surface area contributed by atoms with Crippen molar-refractivity contribution < 1.29 is 26.0 Å². The lowest BCUT2D eigenvalue weighted by Gasteiger charge is -1.31. The highest BCUT2D eigenvalue weighted by molar-refractivity contribution is 6.09. The van der Waals surface area contributed by atoms with E-state index in [-0.39, 0.29) is 29.0 Å². The van der Waals surface area contributed by atoms with Gasteiger partial charge in [0.1, 0.15) is 0 Å². The number of carbonyl (C=O) groups is 2. The minimum atomic E-state index is 0. The van der Waals surface area contributed by atoms with Crippen molar-refractivity contribution in [1.29, 1.82) is 0 Å². The van der Waals surface area contributed by atoms with E-state index in [0.717, 1.165) is 0 Å². The van der Waals surface area contributed by atoms with Gasteiger partial charge in [0.2, 0.25) is 0 Å². The molecule has 0 heterocycles. The Morgan fingerprint density at radius 2 is 0.857 bits per heavy atom. The summed E-state index contributed by atoms with van der Waals surface area (Å²) in [6.07, 6.45) is 0.389. The normalized spacial score (nSPS) is 2.86. The highest BCUT2D eigenvalue weighted by atomic mass is 16.2. The number of hydrogen-bond acceptors (Lipinski definition) is 2. The molecule has 0 saturated heterocycles. The molecule has 0 amide bonds. The Morgan fingerprint density at radius 3 is 0.857 bits per heavy atom. The predicted molar refractivity (Wildman–Crippen MR) is 23.0 cm³/mol. The zero-order chi connectivity index (χ0) is 3.41. The maximum Gasteiger partial charge on any atom is 0.182 e. The molecule has 0 bridgehead atoms. The lowest BCUT2D eigenvalue weighted by Crippen LogP contribution is -1.62. The summed E-state index contributed by atoms with van der Waals surface area (Å²) < 4.78 is 0. The van der Waals surface area contributed by atoms with Crippen LogP contribution in [0.15, 0.2) is 0 Å². The van der Waals surface area contributed by atoms with Gasteiger partial charge in [-0.2, -0.15) is 0 Å². The fraction of sp³-hybridized carbons (Fsp3) is 0. The summed E-state index contributed by atoms with van der Waals surface area (Å²) in [5, 5.41) is 0. The first-order chi connectivity index (χ1) is 1.91. The Morgan fingerprint density at radius 1 is 0.714 bits per heavy atom. The topological polar surface area (TPSA) is 129 Å². The van der Waals surface area contributed by atoms with Gasteiger partial charge in [0.05, 0.1) is 0 Å². The molecule has 6 N–H and O–H groups in total. The van der Waals surface area contributed by atoms with E-state index in [2.05, 4.69) is 0 Å². The zero-order valence-corrected chi connectivity index (χ0v) is 3.47. The van der Waals surface area contributed by atoms with Crippen LogP contribution in [0, 0.1) is 0 Å². The summed E-state index contributed by atoms with van der Waals surface area (Å²) in [6.45, 7) is 0. The van der Waals surface area contributed by atoms with Crippen molar-refractivity contribution in [3.05, 3.63) is 0 Å². The molecule has 0 saturated carbocycles. The first-order valence-electron chi connectivity index (χ1n) is 0.805. The second kappa shape index (κ2) is 62.5. The molecular weight excluding hydrogens is 104 g/mol. The van der Waals surface area contributed by atoms with E-state index in [4.69, 9.17) is 9.59 Å². The molecule has 0 unspecified atom stereocenters. The van der Waals surface area contributed by atoms with Gasteiger partial charge in [0.25, 0.3) is 0 Å². The van der Waals surface area contributed by atoms with Crippen LogP contribution in [-0.4, -0.2) is 29.0 Å². The van der Waals surface area contributed by atoms with Gasteiger partial charge in [0.15, 0.2) is 12.6 Å². The maximum absolute atomic E-state index is 8.81. The first kappa shape index (κ1) is 34.4. The molecule has 7 heavy (non-hydrogen) atoms.